The molecule has 29 heavy (non-hydrogen) atoms. The maximum Gasteiger partial charge on any atom is 0.257 e. The van der Waals surface area contributed by atoms with Gasteiger partial charge in [-0.3, -0.25) is 4.79 Å². The number of aromatic nitrogens is 2. The molecule has 2 aromatic heterocycles. The molecule has 3 heterocycles. The van der Waals surface area contributed by atoms with Crippen LogP contribution in [0, 0.1) is 0 Å². The summed E-state index contributed by atoms with van der Waals surface area (Å²) in [6, 6.07) is 9.51. The molecule has 1 aliphatic heterocycles. The number of likely N-dealkylation sites (N-methyl/N-ethyl adjacent to an activating group) is 1. The van der Waals surface area contributed by atoms with Crippen LogP contribution in [0.2, 0.25) is 0 Å². The van der Waals surface area contributed by atoms with Crippen LogP contribution in [-0.4, -0.2) is 61.3 Å². The van der Waals surface area contributed by atoms with Crippen LogP contribution in [0.15, 0.2) is 40.1 Å². The van der Waals surface area contributed by atoms with E-state index < -0.39 is 0 Å². The minimum Gasteiger partial charge on any atom is -0.496 e. The molecule has 0 saturated carbocycles. The lowest BCUT2D eigenvalue weighted by molar-refractivity contribution is 0.0944. The molecule has 3 aromatic rings. The van der Waals surface area contributed by atoms with Crippen LogP contribution in [0.1, 0.15) is 16.2 Å². The summed E-state index contributed by atoms with van der Waals surface area (Å²) in [5, 5.41) is 12.8. The Bertz CT molecular complexity index is 964. The number of anilines is 1. The monoisotopic (exact) mass is 413 g/mol. The number of piperazine rings is 1. The molecule has 0 bridgehead atoms. The van der Waals surface area contributed by atoms with Gasteiger partial charge in [-0.15, -0.1) is 21.5 Å². The van der Waals surface area contributed by atoms with Crippen LogP contribution in [0.25, 0.3) is 10.8 Å². The van der Waals surface area contributed by atoms with Gasteiger partial charge in [-0.1, -0.05) is 6.07 Å². The highest BCUT2D eigenvalue weighted by Crippen LogP contribution is 2.27. The van der Waals surface area contributed by atoms with Crippen molar-refractivity contribution >= 4 is 22.9 Å². The average Bonchev–Trinajstić information content (AvgIpc) is 3.44. The molecule has 1 aromatic carbocycles. The first-order valence-corrected chi connectivity index (χ1v) is 10.3. The topological polar surface area (TPSA) is 83.7 Å². The van der Waals surface area contributed by atoms with Gasteiger partial charge in [-0.05, 0) is 30.6 Å². The number of carbonyl (C=O) groups excluding carboxylic acids is 1. The number of nitrogens with zero attached hydrogens (tertiary/aromatic N) is 4. The lowest BCUT2D eigenvalue weighted by Gasteiger charge is -2.34. The molecule has 0 radical (unpaired) electrons. The fraction of sp³-hybridized carbons (Fsp3) is 0.350. The molecule has 1 saturated heterocycles. The van der Waals surface area contributed by atoms with E-state index in [1.54, 1.807) is 13.2 Å². The molecule has 0 unspecified atom stereocenters. The van der Waals surface area contributed by atoms with Crippen LogP contribution in [-0.2, 0) is 6.54 Å². The lowest BCUT2D eigenvalue weighted by Crippen LogP contribution is -2.44. The van der Waals surface area contributed by atoms with E-state index in [-0.39, 0.29) is 12.5 Å². The van der Waals surface area contributed by atoms with Crippen molar-refractivity contribution in [3.8, 4) is 16.5 Å². The zero-order valence-electron chi connectivity index (χ0n) is 16.4. The van der Waals surface area contributed by atoms with E-state index in [0.717, 1.165) is 36.7 Å². The average molecular weight is 414 g/mol. The summed E-state index contributed by atoms with van der Waals surface area (Å²) in [5.74, 6) is 1.11. The Morgan fingerprint density at radius 2 is 2.07 bits per heavy atom. The normalized spacial score (nSPS) is 14.8. The van der Waals surface area contributed by atoms with Gasteiger partial charge in [0, 0.05) is 37.9 Å². The van der Waals surface area contributed by atoms with Crippen molar-refractivity contribution in [2.45, 2.75) is 6.54 Å². The summed E-state index contributed by atoms with van der Waals surface area (Å²) in [5.41, 5.74) is 1.53. The van der Waals surface area contributed by atoms with Crippen LogP contribution < -0.4 is 15.0 Å². The molecule has 1 N–H and O–H groups in total. The molecule has 0 aliphatic carbocycles. The number of carbonyl (C=O) groups is 1. The lowest BCUT2D eigenvalue weighted by atomic mass is 10.1. The Kier molecular flexibility index (Phi) is 5.77. The molecule has 8 nitrogen and oxygen atoms in total. The minimum atomic E-state index is -0.248. The van der Waals surface area contributed by atoms with E-state index >= 15 is 0 Å². The highest BCUT2D eigenvalue weighted by molar-refractivity contribution is 7.13. The zero-order valence-corrected chi connectivity index (χ0v) is 17.2. The number of amides is 1. The molecule has 1 fully saturated rings. The van der Waals surface area contributed by atoms with Gasteiger partial charge in [0.15, 0.2) is 0 Å². The molecular weight excluding hydrogens is 390 g/mol. The number of rotatable bonds is 6. The van der Waals surface area contributed by atoms with Crippen molar-refractivity contribution in [3.63, 3.8) is 0 Å². The highest BCUT2D eigenvalue weighted by Gasteiger charge is 2.19. The van der Waals surface area contributed by atoms with Crippen LogP contribution in [0.4, 0.5) is 5.69 Å². The fourth-order valence-electron chi connectivity index (χ4n) is 3.20. The second-order valence-corrected chi connectivity index (χ2v) is 7.78. The Hall–Kier alpha value is -2.91. The van der Waals surface area contributed by atoms with Gasteiger partial charge >= 0.3 is 0 Å². The first-order valence-electron chi connectivity index (χ1n) is 9.40. The molecular formula is C20H23N5O3S. The molecule has 1 amide bonds. The minimum absolute atomic E-state index is 0.153. The summed E-state index contributed by atoms with van der Waals surface area (Å²) in [7, 11) is 3.70. The number of hydrogen-bond acceptors (Lipinski definition) is 8. The van der Waals surface area contributed by atoms with Gasteiger partial charge < -0.3 is 24.3 Å². The van der Waals surface area contributed by atoms with Crippen LogP contribution in [0.3, 0.4) is 0 Å². The van der Waals surface area contributed by atoms with E-state index in [2.05, 4.69) is 32.4 Å². The first-order chi connectivity index (χ1) is 14.1. The highest BCUT2D eigenvalue weighted by atomic mass is 32.1. The van der Waals surface area contributed by atoms with Gasteiger partial charge in [-0.2, -0.15) is 0 Å². The third-order valence-electron chi connectivity index (χ3n) is 4.90. The number of hydrogen-bond donors (Lipinski definition) is 1. The largest absolute Gasteiger partial charge is 0.496 e. The van der Waals surface area contributed by atoms with Gasteiger partial charge in [0.25, 0.3) is 11.8 Å². The number of nitrogens with one attached hydrogen (secondary N) is 1. The molecule has 152 valence electrons. The second-order valence-electron chi connectivity index (χ2n) is 6.84. The van der Waals surface area contributed by atoms with Gasteiger partial charge in [0.1, 0.15) is 5.75 Å². The maximum absolute atomic E-state index is 12.7. The first kappa shape index (κ1) is 19.4. The summed E-state index contributed by atoms with van der Waals surface area (Å²) in [6.45, 7) is 4.09. The third-order valence-corrected chi connectivity index (χ3v) is 5.75. The van der Waals surface area contributed by atoms with Gasteiger partial charge in [0.05, 0.1) is 24.1 Å². The van der Waals surface area contributed by atoms with Crippen molar-refractivity contribution in [1.82, 2.24) is 20.4 Å². The van der Waals surface area contributed by atoms with Crippen molar-refractivity contribution in [2.24, 2.45) is 0 Å². The summed E-state index contributed by atoms with van der Waals surface area (Å²) in [4.78, 5) is 18.2. The Labute approximate surface area is 173 Å². The Balaban J connectivity index is 1.41. The van der Waals surface area contributed by atoms with E-state index in [9.17, 15) is 4.79 Å². The van der Waals surface area contributed by atoms with Crippen molar-refractivity contribution < 1.29 is 13.9 Å². The fourth-order valence-corrected chi connectivity index (χ4v) is 3.85. The SMILES string of the molecule is COc1cc(N2CCN(C)CC2)ccc1C(=O)NCc1nnc(-c2cccs2)o1. The summed E-state index contributed by atoms with van der Waals surface area (Å²) < 4.78 is 11.1. The number of methoxy groups -OCH3 is 1. The van der Waals surface area contributed by atoms with E-state index in [1.807, 2.05) is 29.6 Å². The van der Waals surface area contributed by atoms with Gasteiger partial charge in [-0.25, -0.2) is 0 Å². The predicted molar refractivity (Wildman–Crippen MR) is 111 cm³/mol. The zero-order chi connectivity index (χ0) is 20.2. The maximum atomic E-state index is 12.7. The number of benzene rings is 1. The van der Waals surface area contributed by atoms with Crippen molar-refractivity contribution in [2.75, 3.05) is 45.2 Å². The molecule has 0 atom stereocenters. The summed E-state index contributed by atoms with van der Waals surface area (Å²) in [6.07, 6.45) is 0. The van der Waals surface area contributed by atoms with Gasteiger partial charge in [0.2, 0.25) is 5.89 Å². The van der Waals surface area contributed by atoms with Crippen molar-refractivity contribution in [1.29, 1.82) is 0 Å². The summed E-state index contributed by atoms with van der Waals surface area (Å²) >= 11 is 1.52. The van der Waals surface area contributed by atoms with Crippen LogP contribution >= 0.6 is 11.3 Å². The number of ether oxygens (including phenoxy) is 1. The van der Waals surface area contributed by atoms with E-state index in [0.29, 0.717) is 23.1 Å². The van der Waals surface area contributed by atoms with Crippen LogP contribution in [0.5, 0.6) is 5.75 Å². The Morgan fingerprint density at radius 3 is 2.79 bits per heavy atom. The van der Waals surface area contributed by atoms with E-state index in [1.165, 1.54) is 11.3 Å². The van der Waals surface area contributed by atoms with E-state index in [4.69, 9.17) is 9.15 Å². The standard InChI is InChI=1S/C20H23N5O3S/c1-24-7-9-25(10-8-24)14-5-6-15(16(12-14)27-2)19(26)21-13-18-22-23-20(28-18)17-4-3-11-29-17/h3-6,11-12H,7-10,13H2,1-2H3,(H,21,26). The predicted octanol–water partition coefficient (Wildman–Crippen LogP) is 2.49. The number of thiophene rings is 1. The van der Waals surface area contributed by atoms with Crippen molar-refractivity contribution in [3.05, 3.63) is 47.2 Å². The molecule has 0 spiro atoms. The molecule has 9 heteroatoms. The molecule has 1 aliphatic rings. The molecule has 4 rings (SSSR count). The smallest absolute Gasteiger partial charge is 0.257 e. The second kappa shape index (κ2) is 8.62. The quantitative estimate of drug-likeness (QED) is 0.665. The third kappa shape index (κ3) is 4.41. The Morgan fingerprint density at radius 1 is 1.24 bits per heavy atom.